The maximum atomic E-state index is 6.08. The number of hydrogen-bond acceptors (Lipinski definition) is 3. The lowest BCUT2D eigenvalue weighted by Gasteiger charge is -2.19. The van der Waals surface area contributed by atoms with Crippen molar-refractivity contribution in [3.05, 3.63) is 0 Å². The Hall–Kier alpha value is -0.120. The lowest BCUT2D eigenvalue weighted by atomic mass is 10.1. The summed E-state index contributed by atoms with van der Waals surface area (Å²) in [6.07, 6.45) is 44.9. The van der Waals surface area contributed by atoms with Crippen LogP contribution in [0.2, 0.25) is 0 Å². The molecule has 3 heteroatoms. The Labute approximate surface area is 272 Å². The number of rotatable bonds is 39. The Morgan fingerprint density at radius 3 is 0.581 bits per heavy atom. The second-order valence-corrected chi connectivity index (χ2v) is 13.5. The molecule has 260 valence electrons. The molecule has 0 unspecified atom stereocenters. The molecule has 0 spiro atoms. The Kier molecular flexibility index (Phi) is 39.8. The fourth-order valence-electron chi connectivity index (χ4n) is 5.98. The molecule has 0 aromatic heterocycles. The van der Waals surface area contributed by atoms with E-state index in [9.17, 15) is 0 Å². The third-order valence-corrected chi connectivity index (χ3v) is 9.01. The van der Waals surface area contributed by atoms with Gasteiger partial charge in [-0.15, -0.1) is 0 Å². The Morgan fingerprint density at radius 2 is 0.395 bits per heavy atom. The first-order valence-electron chi connectivity index (χ1n) is 20.2. The molecule has 0 N–H and O–H groups in total. The van der Waals surface area contributed by atoms with Gasteiger partial charge in [0.15, 0.2) is 0 Å². The SMILES string of the molecule is CCCCCCCCCCCCCOC(OCCCCCCCCCCCCC)OCCCCCCCCCCCCC. The summed E-state index contributed by atoms with van der Waals surface area (Å²) in [4.78, 5) is 0. The summed E-state index contributed by atoms with van der Waals surface area (Å²) >= 11 is 0. The van der Waals surface area contributed by atoms with Gasteiger partial charge >= 0.3 is 0 Å². The normalized spacial score (nSPS) is 11.7. The standard InChI is InChI=1S/C40H82O3/c1-4-7-10-13-16-19-22-25-28-31-34-37-41-40(42-38-35-32-29-26-23-20-17-14-11-8-5-2)43-39-36-33-30-27-24-21-18-15-12-9-6-3/h40H,4-39H2,1-3H3. The average Bonchev–Trinajstić information content (AvgIpc) is 3.02. The molecule has 0 aromatic carbocycles. The topological polar surface area (TPSA) is 27.7 Å². The third kappa shape index (κ3) is 38.0. The predicted octanol–water partition coefficient (Wildman–Crippen LogP) is 14.3. The van der Waals surface area contributed by atoms with Crippen molar-refractivity contribution in [1.29, 1.82) is 0 Å². The molecule has 0 aromatic rings. The molecule has 0 aliphatic heterocycles. The van der Waals surface area contributed by atoms with Gasteiger partial charge in [0.1, 0.15) is 0 Å². The van der Waals surface area contributed by atoms with Crippen LogP contribution in [0.5, 0.6) is 0 Å². The van der Waals surface area contributed by atoms with E-state index in [1.807, 2.05) is 0 Å². The maximum Gasteiger partial charge on any atom is 0.271 e. The first-order chi connectivity index (χ1) is 21.3. The molecule has 0 aliphatic rings. The Morgan fingerprint density at radius 1 is 0.233 bits per heavy atom. The minimum Gasteiger partial charge on any atom is -0.330 e. The van der Waals surface area contributed by atoms with Crippen LogP contribution in [0, 0.1) is 0 Å². The molecule has 0 saturated carbocycles. The van der Waals surface area contributed by atoms with Gasteiger partial charge in [-0.3, -0.25) is 0 Å². The van der Waals surface area contributed by atoms with E-state index in [0.717, 1.165) is 39.1 Å². The summed E-state index contributed by atoms with van der Waals surface area (Å²) in [6, 6.07) is 0. The molecule has 0 aliphatic carbocycles. The first kappa shape index (κ1) is 42.9. The lowest BCUT2D eigenvalue weighted by Crippen LogP contribution is -2.23. The highest BCUT2D eigenvalue weighted by Crippen LogP contribution is 2.15. The van der Waals surface area contributed by atoms with Gasteiger partial charge in [-0.2, -0.15) is 0 Å². The summed E-state index contributed by atoms with van der Waals surface area (Å²) in [5.41, 5.74) is 0. The van der Waals surface area contributed by atoms with Gasteiger partial charge in [0, 0.05) is 0 Å². The fourth-order valence-corrected chi connectivity index (χ4v) is 5.98. The van der Waals surface area contributed by atoms with Gasteiger partial charge in [0.25, 0.3) is 6.48 Å². The van der Waals surface area contributed by atoms with Crippen LogP contribution in [-0.2, 0) is 14.2 Å². The molecule has 0 atom stereocenters. The quantitative estimate of drug-likeness (QED) is 0.0512. The molecule has 0 radical (unpaired) electrons. The van der Waals surface area contributed by atoms with E-state index in [4.69, 9.17) is 14.2 Å². The highest BCUT2D eigenvalue weighted by atomic mass is 16.8. The molecule has 0 rings (SSSR count). The van der Waals surface area contributed by atoms with Crippen molar-refractivity contribution >= 4 is 0 Å². The van der Waals surface area contributed by atoms with Crippen molar-refractivity contribution in [3.8, 4) is 0 Å². The van der Waals surface area contributed by atoms with Crippen molar-refractivity contribution in [2.24, 2.45) is 0 Å². The fraction of sp³-hybridized carbons (Fsp3) is 1.00. The van der Waals surface area contributed by atoms with Crippen LogP contribution in [0.1, 0.15) is 233 Å². The van der Waals surface area contributed by atoms with Crippen LogP contribution in [0.4, 0.5) is 0 Å². The summed E-state index contributed by atoms with van der Waals surface area (Å²) in [6.45, 7) is 8.71. The zero-order chi connectivity index (χ0) is 31.2. The molecular formula is C40H82O3. The van der Waals surface area contributed by atoms with E-state index in [1.165, 1.54) is 193 Å². The molecule has 0 saturated heterocycles. The van der Waals surface area contributed by atoms with E-state index in [2.05, 4.69) is 20.8 Å². The van der Waals surface area contributed by atoms with Crippen LogP contribution in [0.25, 0.3) is 0 Å². The van der Waals surface area contributed by atoms with Gasteiger partial charge in [0.05, 0.1) is 19.8 Å². The van der Waals surface area contributed by atoms with E-state index >= 15 is 0 Å². The van der Waals surface area contributed by atoms with Gasteiger partial charge in [-0.1, -0.05) is 213 Å². The third-order valence-electron chi connectivity index (χ3n) is 9.01. The number of ether oxygens (including phenoxy) is 3. The largest absolute Gasteiger partial charge is 0.330 e. The Bertz CT molecular complexity index is 402. The van der Waals surface area contributed by atoms with Gasteiger partial charge in [-0.05, 0) is 19.3 Å². The summed E-state index contributed by atoms with van der Waals surface area (Å²) in [5.74, 6) is 0. The Balaban J connectivity index is 3.90. The molecule has 3 nitrogen and oxygen atoms in total. The highest BCUT2D eigenvalue weighted by Gasteiger charge is 2.10. The summed E-state index contributed by atoms with van der Waals surface area (Å²) < 4.78 is 18.2. The van der Waals surface area contributed by atoms with E-state index < -0.39 is 6.48 Å². The maximum absolute atomic E-state index is 6.08. The van der Waals surface area contributed by atoms with Gasteiger partial charge in [-0.25, -0.2) is 0 Å². The molecule has 0 amide bonds. The second-order valence-electron chi connectivity index (χ2n) is 13.5. The number of unbranched alkanes of at least 4 members (excludes halogenated alkanes) is 30. The van der Waals surface area contributed by atoms with Crippen molar-refractivity contribution in [2.75, 3.05) is 19.8 Å². The smallest absolute Gasteiger partial charge is 0.271 e. The van der Waals surface area contributed by atoms with Crippen molar-refractivity contribution in [3.63, 3.8) is 0 Å². The zero-order valence-electron chi connectivity index (χ0n) is 30.3. The van der Waals surface area contributed by atoms with Crippen molar-refractivity contribution < 1.29 is 14.2 Å². The number of hydrogen-bond donors (Lipinski definition) is 0. The van der Waals surface area contributed by atoms with Crippen molar-refractivity contribution in [1.82, 2.24) is 0 Å². The molecule has 0 heterocycles. The molecular weight excluding hydrogens is 528 g/mol. The van der Waals surface area contributed by atoms with Gasteiger partial charge in [0.2, 0.25) is 0 Å². The average molecular weight is 611 g/mol. The molecule has 43 heavy (non-hydrogen) atoms. The molecule has 0 bridgehead atoms. The van der Waals surface area contributed by atoms with Crippen LogP contribution in [0.3, 0.4) is 0 Å². The molecule has 0 fully saturated rings. The van der Waals surface area contributed by atoms with E-state index in [0.29, 0.717) is 0 Å². The van der Waals surface area contributed by atoms with Crippen LogP contribution in [-0.4, -0.2) is 26.3 Å². The predicted molar refractivity (Wildman–Crippen MR) is 191 cm³/mol. The van der Waals surface area contributed by atoms with Crippen LogP contribution < -0.4 is 0 Å². The van der Waals surface area contributed by atoms with Crippen LogP contribution >= 0.6 is 0 Å². The van der Waals surface area contributed by atoms with E-state index in [-0.39, 0.29) is 0 Å². The lowest BCUT2D eigenvalue weighted by molar-refractivity contribution is -0.288. The van der Waals surface area contributed by atoms with Gasteiger partial charge < -0.3 is 14.2 Å². The summed E-state index contributed by atoms with van der Waals surface area (Å²) in [5, 5.41) is 0. The first-order valence-corrected chi connectivity index (χ1v) is 20.2. The zero-order valence-corrected chi connectivity index (χ0v) is 30.3. The minimum atomic E-state index is -0.464. The monoisotopic (exact) mass is 611 g/mol. The summed E-state index contributed by atoms with van der Waals surface area (Å²) in [7, 11) is 0. The highest BCUT2D eigenvalue weighted by molar-refractivity contribution is 4.51. The second kappa shape index (κ2) is 39.9. The van der Waals surface area contributed by atoms with E-state index in [1.54, 1.807) is 0 Å². The minimum absolute atomic E-state index is 0.464. The van der Waals surface area contributed by atoms with Crippen LogP contribution in [0.15, 0.2) is 0 Å². The van der Waals surface area contributed by atoms with Crippen molar-refractivity contribution in [2.45, 2.75) is 239 Å².